The van der Waals surface area contributed by atoms with Crippen molar-refractivity contribution < 1.29 is 23.0 Å². The average molecular weight is 416 g/mol. The van der Waals surface area contributed by atoms with E-state index in [9.17, 15) is 13.6 Å². The van der Waals surface area contributed by atoms with Gasteiger partial charge in [-0.05, 0) is 43.2 Å². The van der Waals surface area contributed by atoms with E-state index < -0.39 is 17.3 Å². The monoisotopic (exact) mass is 416 g/mol. The standard InChI is InChI=1S/C23H26F2N2O3/c1-4-5-6-13-30-22(28)23(2)15-20(16-7-9-17(24)10-8-16)26-27(23)18-11-12-19(25)21(14-18)29-3/h7-12,14H,4-6,13,15H2,1-3H3. The predicted octanol–water partition coefficient (Wildman–Crippen LogP) is 5.08. The minimum absolute atomic E-state index is 0.0524. The van der Waals surface area contributed by atoms with Crippen molar-refractivity contribution in [2.45, 2.75) is 45.1 Å². The number of carbonyl (C=O) groups is 1. The molecule has 1 atom stereocenters. The van der Waals surface area contributed by atoms with Gasteiger partial charge >= 0.3 is 5.97 Å². The lowest BCUT2D eigenvalue weighted by Gasteiger charge is -2.32. The lowest BCUT2D eigenvalue weighted by atomic mass is 9.92. The zero-order valence-corrected chi connectivity index (χ0v) is 17.5. The second-order valence-corrected chi connectivity index (χ2v) is 7.48. The minimum Gasteiger partial charge on any atom is -0.494 e. The van der Waals surface area contributed by atoms with E-state index in [0.717, 1.165) is 19.3 Å². The van der Waals surface area contributed by atoms with Gasteiger partial charge in [0.25, 0.3) is 0 Å². The summed E-state index contributed by atoms with van der Waals surface area (Å²) in [6, 6.07) is 10.2. The SMILES string of the molecule is CCCCCOC(=O)C1(C)CC(c2ccc(F)cc2)=NN1c1ccc(F)c(OC)c1. The van der Waals surface area contributed by atoms with Gasteiger partial charge in [-0.15, -0.1) is 0 Å². The van der Waals surface area contributed by atoms with E-state index in [2.05, 4.69) is 12.0 Å². The molecule has 0 aromatic heterocycles. The van der Waals surface area contributed by atoms with Crippen LogP contribution >= 0.6 is 0 Å². The van der Waals surface area contributed by atoms with E-state index in [1.807, 2.05) is 0 Å². The Hall–Kier alpha value is -2.96. The highest BCUT2D eigenvalue weighted by Crippen LogP contribution is 2.37. The number of benzene rings is 2. The Morgan fingerprint density at radius 1 is 1.17 bits per heavy atom. The van der Waals surface area contributed by atoms with Crippen molar-refractivity contribution in [1.29, 1.82) is 0 Å². The zero-order chi connectivity index (χ0) is 21.7. The van der Waals surface area contributed by atoms with E-state index in [1.165, 1.54) is 42.5 Å². The van der Waals surface area contributed by atoms with Crippen LogP contribution in [0.25, 0.3) is 0 Å². The number of hydrogen-bond donors (Lipinski definition) is 0. The Bertz CT molecular complexity index is 931. The molecule has 0 fully saturated rings. The second kappa shape index (κ2) is 9.24. The van der Waals surface area contributed by atoms with Crippen LogP contribution in [0.3, 0.4) is 0 Å². The van der Waals surface area contributed by atoms with E-state index in [-0.39, 0.29) is 18.0 Å². The summed E-state index contributed by atoms with van der Waals surface area (Å²) >= 11 is 0. The first-order chi connectivity index (χ1) is 14.4. The summed E-state index contributed by atoms with van der Waals surface area (Å²) in [7, 11) is 1.38. The Morgan fingerprint density at radius 3 is 2.57 bits per heavy atom. The van der Waals surface area contributed by atoms with Crippen LogP contribution in [0.5, 0.6) is 5.75 Å². The van der Waals surface area contributed by atoms with Gasteiger partial charge in [-0.3, -0.25) is 0 Å². The van der Waals surface area contributed by atoms with Crippen molar-refractivity contribution in [1.82, 2.24) is 0 Å². The van der Waals surface area contributed by atoms with Crippen LogP contribution in [-0.4, -0.2) is 30.9 Å². The molecule has 1 heterocycles. The number of nitrogens with zero attached hydrogens (tertiary/aromatic N) is 2. The van der Waals surface area contributed by atoms with Crippen LogP contribution in [0.4, 0.5) is 14.5 Å². The summed E-state index contributed by atoms with van der Waals surface area (Å²) in [5.41, 5.74) is 0.696. The molecule has 160 valence electrons. The molecular formula is C23H26F2N2O3. The maximum absolute atomic E-state index is 13.9. The Labute approximate surface area is 175 Å². The van der Waals surface area contributed by atoms with Crippen molar-refractivity contribution in [2.24, 2.45) is 5.10 Å². The summed E-state index contributed by atoms with van der Waals surface area (Å²) in [6.45, 7) is 4.15. The first-order valence-corrected chi connectivity index (χ1v) is 10.0. The molecule has 30 heavy (non-hydrogen) atoms. The lowest BCUT2D eigenvalue weighted by Crippen LogP contribution is -2.48. The van der Waals surface area contributed by atoms with Crippen LogP contribution in [0.1, 0.15) is 45.1 Å². The fourth-order valence-electron chi connectivity index (χ4n) is 3.42. The Kier molecular flexibility index (Phi) is 6.70. The van der Waals surface area contributed by atoms with Crippen LogP contribution in [-0.2, 0) is 9.53 Å². The minimum atomic E-state index is -1.13. The van der Waals surface area contributed by atoms with Gasteiger partial charge in [-0.25, -0.2) is 18.6 Å². The fraction of sp³-hybridized carbons (Fsp3) is 0.391. The van der Waals surface area contributed by atoms with Gasteiger partial charge in [0, 0.05) is 12.5 Å². The second-order valence-electron chi connectivity index (χ2n) is 7.48. The highest BCUT2D eigenvalue weighted by Gasteiger charge is 2.47. The topological polar surface area (TPSA) is 51.1 Å². The van der Waals surface area contributed by atoms with Gasteiger partial charge in [0.2, 0.25) is 0 Å². The highest BCUT2D eigenvalue weighted by atomic mass is 19.1. The average Bonchev–Trinajstić information content (AvgIpc) is 3.10. The van der Waals surface area contributed by atoms with Gasteiger partial charge in [0.05, 0.1) is 25.1 Å². The van der Waals surface area contributed by atoms with Crippen LogP contribution in [0.2, 0.25) is 0 Å². The normalized spacial score (nSPS) is 18.3. The summed E-state index contributed by atoms with van der Waals surface area (Å²) in [4.78, 5) is 13.1. The maximum atomic E-state index is 13.9. The quantitative estimate of drug-likeness (QED) is 0.445. The predicted molar refractivity (Wildman–Crippen MR) is 112 cm³/mol. The third kappa shape index (κ3) is 4.45. The molecule has 0 spiro atoms. The molecule has 1 unspecified atom stereocenters. The molecule has 1 aliphatic heterocycles. The van der Waals surface area contributed by atoms with Crippen molar-refractivity contribution in [3.8, 4) is 5.75 Å². The molecule has 5 nitrogen and oxygen atoms in total. The molecule has 3 rings (SSSR count). The van der Waals surface area contributed by atoms with Crippen molar-refractivity contribution in [3.05, 3.63) is 59.7 Å². The molecule has 0 N–H and O–H groups in total. The molecule has 0 aliphatic carbocycles. The van der Waals surface area contributed by atoms with E-state index in [4.69, 9.17) is 9.47 Å². The molecule has 0 bridgehead atoms. The van der Waals surface area contributed by atoms with Gasteiger partial charge in [-0.1, -0.05) is 31.9 Å². The number of unbranched alkanes of at least 4 members (excludes halogenated alkanes) is 2. The molecule has 1 aliphatic rings. The molecule has 2 aromatic carbocycles. The van der Waals surface area contributed by atoms with Crippen LogP contribution in [0.15, 0.2) is 47.6 Å². The van der Waals surface area contributed by atoms with Crippen molar-refractivity contribution >= 4 is 17.4 Å². The highest BCUT2D eigenvalue weighted by molar-refractivity contribution is 6.08. The lowest BCUT2D eigenvalue weighted by molar-refractivity contribution is -0.149. The fourth-order valence-corrected chi connectivity index (χ4v) is 3.42. The molecule has 0 saturated heterocycles. The van der Waals surface area contributed by atoms with Crippen LogP contribution < -0.4 is 9.75 Å². The van der Waals surface area contributed by atoms with Gasteiger partial charge in [0.1, 0.15) is 5.82 Å². The maximum Gasteiger partial charge on any atom is 0.334 e. The molecule has 0 radical (unpaired) electrons. The molecular weight excluding hydrogens is 390 g/mol. The Balaban J connectivity index is 1.95. The van der Waals surface area contributed by atoms with Crippen molar-refractivity contribution in [2.75, 3.05) is 18.7 Å². The molecule has 2 aromatic rings. The van der Waals surface area contributed by atoms with E-state index >= 15 is 0 Å². The van der Waals surface area contributed by atoms with E-state index in [0.29, 0.717) is 23.6 Å². The number of hydrogen-bond acceptors (Lipinski definition) is 5. The number of anilines is 1. The van der Waals surface area contributed by atoms with Crippen molar-refractivity contribution in [3.63, 3.8) is 0 Å². The van der Waals surface area contributed by atoms with E-state index in [1.54, 1.807) is 19.1 Å². The third-order valence-electron chi connectivity index (χ3n) is 5.18. The number of esters is 1. The number of hydrazone groups is 1. The first kappa shape index (κ1) is 21.7. The van der Waals surface area contributed by atoms with Crippen LogP contribution in [0, 0.1) is 11.6 Å². The van der Waals surface area contributed by atoms with Gasteiger partial charge in [-0.2, -0.15) is 5.10 Å². The summed E-state index contributed by atoms with van der Waals surface area (Å²) in [5.74, 6) is -1.22. The molecule has 7 heteroatoms. The number of carbonyl (C=O) groups excluding carboxylic acids is 1. The smallest absolute Gasteiger partial charge is 0.334 e. The Morgan fingerprint density at radius 2 is 1.90 bits per heavy atom. The number of ether oxygens (including phenoxy) is 2. The van der Waals surface area contributed by atoms with Gasteiger partial charge < -0.3 is 9.47 Å². The summed E-state index contributed by atoms with van der Waals surface area (Å²) in [5, 5.41) is 6.17. The van der Waals surface area contributed by atoms with Gasteiger partial charge in [0.15, 0.2) is 17.1 Å². The summed E-state index contributed by atoms with van der Waals surface area (Å²) in [6.07, 6.45) is 3.05. The number of rotatable bonds is 8. The molecule has 0 amide bonds. The zero-order valence-electron chi connectivity index (χ0n) is 17.5. The number of methoxy groups -OCH3 is 1. The first-order valence-electron chi connectivity index (χ1n) is 10.0. The largest absolute Gasteiger partial charge is 0.494 e. The third-order valence-corrected chi connectivity index (χ3v) is 5.18. The summed E-state index contributed by atoms with van der Waals surface area (Å²) < 4.78 is 37.9. The number of halogens is 2. The molecule has 0 saturated carbocycles.